The van der Waals surface area contributed by atoms with E-state index in [-0.39, 0.29) is 30.3 Å². The molecule has 0 aliphatic carbocycles. The highest BCUT2D eigenvalue weighted by atomic mass is 32.2. The molecular weight excluding hydrogens is 631 g/mol. The molecule has 0 bridgehead atoms. The Kier molecular flexibility index (Phi) is 10.7. The summed E-state index contributed by atoms with van der Waals surface area (Å²) in [6.45, 7) is 0.149. The summed E-state index contributed by atoms with van der Waals surface area (Å²) in [5.41, 5.74) is 5.53. The Labute approximate surface area is 280 Å². The van der Waals surface area contributed by atoms with Gasteiger partial charge < -0.3 is 19.3 Å². The van der Waals surface area contributed by atoms with Gasteiger partial charge in [0.25, 0.3) is 0 Å². The van der Waals surface area contributed by atoms with Gasteiger partial charge in [-0.2, -0.15) is 0 Å². The van der Waals surface area contributed by atoms with Crippen molar-refractivity contribution in [3.8, 4) is 16.9 Å². The third-order valence-corrected chi connectivity index (χ3v) is 10.7. The van der Waals surface area contributed by atoms with Gasteiger partial charge in [0, 0.05) is 29.2 Å². The molecule has 7 nitrogen and oxygen atoms in total. The van der Waals surface area contributed by atoms with E-state index in [0.717, 1.165) is 49.8 Å². The highest BCUT2D eigenvalue weighted by Crippen LogP contribution is 2.41. The molecule has 1 fully saturated rings. The van der Waals surface area contributed by atoms with Crippen molar-refractivity contribution < 1.29 is 27.7 Å². The van der Waals surface area contributed by atoms with E-state index in [0.29, 0.717) is 6.42 Å². The number of nitrogens with one attached hydrogen (secondary N) is 1. The molecule has 3 unspecified atom stereocenters. The molecule has 0 aromatic heterocycles. The molecule has 0 amide bonds. The van der Waals surface area contributed by atoms with Gasteiger partial charge >= 0.3 is 0 Å². The van der Waals surface area contributed by atoms with E-state index in [2.05, 4.69) is 10.8 Å². The molecule has 3 atom stereocenters. The molecule has 0 saturated carbocycles. The summed E-state index contributed by atoms with van der Waals surface area (Å²) in [5.74, 6) is 1.55. The third-order valence-electron chi connectivity index (χ3n) is 8.13. The zero-order valence-electron chi connectivity index (χ0n) is 26.0. The molecule has 9 heteroatoms. The van der Waals surface area contributed by atoms with Crippen molar-refractivity contribution >= 4 is 21.8 Å². The van der Waals surface area contributed by atoms with Crippen molar-refractivity contribution in [1.29, 1.82) is 0 Å². The summed E-state index contributed by atoms with van der Waals surface area (Å²) < 4.78 is 47.1. The van der Waals surface area contributed by atoms with E-state index < -0.39 is 16.3 Å². The topological polar surface area (TPSA) is 94.1 Å². The third kappa shape index (κ3) is 8.13. The van der Waals surface area contributed by atoms with Crippen LogP contribution in [0, 0.1) is 0 Å². The number of ether oxygens (including phenoxy) is 3. The minimum atomic E-state index is -3.65. The molecule has 6 rings (SSSR count). The number of hydrogen-bond acceptors (Lipinski definition) is 7. The molecule has 47 heavy (non-hydrogen) atoms. The van der Waals surface area contributed by atoms with Gasteiger partial charge in [-0.1, -0.05) is 103 Å². The van der Waals surface area contributed by atoms with Crippen LogP contribution in [0.25, 0.3) is 11.1 Å². The number of aliphatic hydroxyl groups is 1. The van der Waals surface area contributed by atoms with E-state index in [1.807, 2.05) is 91.0 Å². The first-order valence-corrected chi connectivity index (χ1v) is 17.9. The van der Waals surface area contributed by atoms with Crippen molar-refractivity contribution in [2.24, 2.45) is 0 Å². The van der Waals surface area contributed by atoms with Crippen LogP contribution in [0.4, 0.5) is 0 Å². The van der Waals surface area contributed by atoms with Gasteiger partial charge in [0.15, 0.2) is 6.29 Å². The Balaban J connectivity index is 1.21. The van der Waals surface area contributed by atoms with Crippen molar-refractivity contribution in [2.75, 3.05) is 12.9 Å². The minimum absolute atomic E-state index is 0.00983. The fourth-order valence-corrected chi connectivity index (χ4v) is 7.65. The van der Waals surface area contributed by atoms with Crippen molar-refractivity contribution in [3.63, 3.8) is 0 Å². The molecule has 5 aromatic carbocycles. The lowest BCUT2D eigenvalue weighted by Gasteiger charge is -2.36. The van der Waals surface area contributed by atoms with Crippen molar-refractivity contribution in [3.05, 3.63) is 150 Å². The summed E-state index contributed by atoms with van der Waals surface area (Å²) in [5, 5.41) is 9.53. The predicted octanol–water partition coefficient (Wildman–Crippen LogP) is 7.67. The summed E-state index contributed by atoms with van der Waals surface area (Å²) in [4.78, 5) is 1.29. The zero-order valence-corrected chi connectivity index (χ0v) is 27.6. The summed E-state index contributed by atoms with van der Waals surface area (Å²) in [6, 6.07) is 40.0. The first-order chi connectivity index (χ1) is 22.9. The number of para-hydroxylation sites is 1. The fraction of sp³-hybridized carbons (Fsp3) is 0.211. The minimum Gasteiger partial charge on any atom is -0.496 e. The van der Waals surface area contributed by atoms with E-state index in [4.69, 9.17) is 14.2 Å². The fourth-order valence-electron chi connectivity index (χ4n) is 5.58. The predicted molar refractivity (Wildman–Crippen MR) is 184 cm³/mol. The monoisotopic (exact) mass is 667 g/mol. The van der Waals surface area contributed by atoms with Gasteiger partial charge in [0.1, 0.15) is 5.75 Å². The Morgan fingerprint density at radius 2 is 1.49 bits per heavy atom. The largest absolute Gasteiger partial charge is 0.496 e. The van der Waals surface area contributed by atoms with Crippen LogP contribution in [-0.2, 0) is 32.6 Å². The number of aliphatic hydroxyl groups excluding tert-OH is 1. The average molecular weight is 668 g/mol. The first kappa shape index (κ1) is 33.0. The molecule has 1 aliphatic heterocycles. The normalized spacial score (nSPS) is 18.1. The zero-order chi connectivity index (χ0) is 32.6. The maximum atomic E-state index is 12.9. The molecule has 1 heterocycles. The van der Waals surface area contributed by atoms with E-state index in [1.54, 1.807) is 49.2 Å². The van der Waals surface area contributed by atoms with Gasteiger partial charge in [-0.05, 0) is 52.1 Å². The number of hydrogen-bond donors (Lipinski definition) is 2. The van der Waals surface area contributed by atoms with Crippen LogP contribution in [0.5, 0.6) is 5.75 Å². The number of methoxy groups -OCH3 is 1. The first-order valence-electron chi connectivity index (χ1n) is 15.4. The Morgan fingerprint density at radius 1 is 0.809 bits per heavy atom. The number of thioether (sulfide) groups is 1. The molecular formula is C38H37NO6S2. The van der Waals surface area contributed by atoms with Crippen LogP contribution in [0.15, 0.2) is 137 Å². The van der Waals surface area contributed by atoms with Gasteiger partial charge in [-0.3, -0.25) is 0 Å². The quantitative estimate of drug-likeness (QED) is 0.132. The Bertz CT molecular complexity index is 1870. The Hall–Kier alpha value is -3.96. The lowest BCUT2D eigenvalue weighted by molar-refractivity contribution is -0.245. The smallest absolute Gasteiger partial charge is 0.240 e. The van der Waals surface area contributed by atoms with E-state index in [9.17, 15) is 13.5 Å². The number of sulfonamides is 1. The maximum Gasteiger partial charge on any atom is 0.240 e. The molecule has 1 saturated heterocycles. The SMILES string of the molecule is COc1ccccc1SCC1CC(c2ccc(CO)cc2)OC(c2ccc(-c3ccccc3CNS(=O)(=O)c3ccccc3)cc2)O1. The van der Waals surface area contributed by atoms with E-state index in [1.165, 1.54) is 0 Å². The van der Waals surface area contributed by atoms with Crippen LogP contribution < -0.4 is 9.46 Å². The highest BCUT2D eigenvalue weighted by molar-refractivity contribution is 7.99. The number of rotatable bonds is 12. The summed E-state index contributed by atoms with van der Waals surface area (Å²) in [6.07, 6.45) is -0.190. The lowest BCUT2D eigenvalue weighted by Crippen LogP contribution is -2.31. The second-order valence-electron chi connectivity index (χ2n) is 11.2. The summed E-state index contributed by atoms with van der Waals surface area (Å²) in [7, 11) is -1.97. The van der Waals surface area contributed by atoms with Crippen LogP contribution in [0.2, 0.25) is 0 Å². The second-order valence-corrected chi connectivity index (χ2v) is 14.1. The van der Waals surface area contributed by atoms with Gasteiger partial charge in [-0.25, -0.2) is 13.1 Å². The highest BCUT2D eigenvalue weighted by Gasteiger charge is 2.32. The average Bonchev–Trinajstić information content (AvgIpc) is 3.13. The van der Waals surface area contributed by atoms with Crippen LogP contribution >= 0.6 is 11.8 Å². The van der Waals surface area contributed by atoms with Gasteiger partial charge in [0.05, 0.1) is 30.8 Å². The molecule has 5 aromatic rings. The van der Waals surface area contributed by atoms with Crippen molar-refractivity contribution in [2.45, 2.75) is 47.9 Å². The van der Waals surface area contributed by atoms with Gasteiger partial charge in [0.2, 0.25) is 10.0 Å². The van der Waals surface area contributed by atoms with Crippen LogP contribution in [-0.4, -0.2) is 32.5 Å². The lowest BCUT2D eigenvalue weighted by atomic mass is 9.98. The standard InChI is InChI=1S/C38H37NO6S2/c1-43-35-13-7-8-14-37(35)46-26-32-23-36(29-17-15-27(25-40)16-18-29)45-38(44-32)30-21-19-28(20-22-30)34-12-6-5-9-31(34)24-39-47(41,42)33-10-3-2-4-11-33/h2-22,32,36,38-40H,23-26H2,1H3. The maximum absolute atomic E-state index is 12.9. The van der Waals surface area contributed by atoms with Crippen molar-refractivity contribution in [1.82, 2.24) is 4.72 Å². The molecule has 0 spiro atoms. The Morgan fingerprint density at radius 3 is 2.23 bits per heavy atom. The van der Waals surface area contributed by atoms with Crippen LogP contribution in [0.1, 0.15) is 41.1 Å². The van der Waals surface area contributed by atoms with E-state index >= 15 is 0 Å². The second kappa shape index (κ2) is 15.3. The molecule has 242 valence electrons. The van der Waals surface area contributed by atoms with Crippen LogP contribution in [0.3, 0.4) is 0 Å². The molecule has 2 N–H and O–H groups in total. The van der Waals surface area contributed by atoms with Gasteiger partial charge in [-0.15, -0.1) is 11.8 Å². The summed E-state index contributed by atoms with van der Waals surface area (Å²) >= 11 is 1.70. The molecule has 0 radical (unpaired) electrons. The number of benzene rings is 5. The molecule has 1 aliphatic rings.